The van der Waals surface area contributed by atoms with E-state index >= 15 is 0 Å². The predicted octanol–water partition coefficient (Wildman–Crippen LogP) is 13.8. The van der Waals surface area contributed by atoms with Crippen molar-refractivity contribution < 1.29 is 4.42 Å². The number of furan rings is 1. The summed E-state index contributed by atoms with van der Waals surface area (Å²) in [6.07, 6.45) is 16.8. The van der Waals surface area contributed by atoms with Crippen molar-refractivity contribution in [2.24, 2.45) is 0 Å². The molecule has 5 heteroatoms. The lowest BCUT2D eigenvalue weighted by atomic mass is 9.97. The fourth-order valence-electron chi connectivity index (χ4n) is 8.03. The smallest absolute Gasteiger partial charge is 0.219 e. The largest absolute Gasteiger partial charge is 0.455 e. The van der Waals surface area contributed by atoms with Crippen LogP contribution >= 0.6 is 0 Å². The Morgan fingerprint density at radius 2 is 1.62 bits per heavy atom. The lowest BCUT2D eigenvalue weighted by Gasteiger charge is -2.25. The second-order valence-corrected chi connectivity index (χ2v) is 14.1. The number of nitrogens with zero attached hydrogens (tertiary/aromatic N) is 4. The molecule has 5 nitrogen and oxygen atoms in total. The summed E-state index contributed by atoms with van der Waals surface area (Å²) < 4.78 is 11.0. The molecule has 0 fully saturated rings. The van der Waals surface area contributed by atoms with Gasteiger partial charge in [-0.2, -0.15) is 0 Å². The average Bonchev–Trinajstić information content (AvgIpc) is 3.89. The molecule has 0 saturated carbocycles. The maximum Gasteiger partial charge on any atom is 0.219 e. The van der Waals surface area contributed by atoms with Gasteiger partial charge in [0.25, 0.3) is 0 Å². The van der Waals surface area contributed by atoms with E-state index in [1.165, 1.54) is 5.69 Å². The molecule has 5 aromatic carbocycles. The molecule has 1 unspecified atom stereocenters. The SMILES string of the molecule is C=Cc1c(/C=C\n2c(N(C(=C)/C=C\CC)c3ccccc3)nc3c2C(C)CC=C3)n(-c2ccc(-c3cccc4c3oc3ccccc34)cc2)c2ccccc12. The highest BCUT2D eigenvalue weighted by Gasteiger charge is 2.27. The number of rotatable bonds is 10. The fourth-order valence-corrected chi connectivity index (χ4v) is 8.03. The van der Waals surface area contributed by atoms with Gasteiger partial charge in [0.2, 0.25) is 5.95 Å². The van der Waals surface area contributed by atoms with Crippen LogP contribution in [0.1, 0.15) is 55.3 Å². The monoisotopic (exact) mass is 714 g/mol. The summed E-state index contributed by atoms with van der Waals surface area (Å²) in [6.45, 7) is 13.2. The second-order valence-electron chi connectivity index (χ2n) is 14.1. The van der Waals surface area contributed by atoms with Crippen molar-refractivity contribution in [2.45, 2.75) is 32.6 Å². The lowest BCUT2D eigenvalue weighted by molar-refractivity contribution is 0.670. The van der Waals surface area contributed by atoms with E-state index in [4.69, 9.17) is 9.40 Å². The first-order chi connectivity index (χ1) is 27.1. The van der Waals surface area contributed by atoms with E-state index in [-0.39, 0.29) is 5.92 Å². The molecule has 0 saturated heterocycles. The molecule has 3 aromatic heterocycles. The van der Waals surface area contributed by atoms with E-state index in [0.29, 0.717) is 0 Å². The molecule has 0 bridgehead atoms. The summed E-state index contributed by atoms with van der Waals surface area (Å²) in [5, 5.41) is 3.39. The highest BCUT2D eigenvalue weighted by Crippen LogP contribution is 2.40. The Kier molecular flexibility index (Phi) is 8.75. The number of imidazole rings is 1. The van der Waals surface area contributed by atoms with Crippen molar-refractivity contribution in [3.63, 3.8) is 0 Å². The molecule has 55 heavy (non-hydrogen) atoms. The van der Waals surface area contributed by atoms with E-state index in [0.717, 1.165) is 96.8 Å². The summed E-state index contributed by atoms with van der Waals surface area (Å²) in [5.41, 5.74) is 12.2. The van der Waals surface area contributed by atoms with Crippen LogP contribution in [0.2, 0.25) is 0 Å². The molecule has 0 aliphatic heterocycles. The Morgan fingerprint density at radius 1 is 0.873 bits per heavy atom. The van der Waals surface area contributed by atoms with E-state index in [1.54, 1.807) is 0 Å². The van der Waals surface area contributed by atoms with E-state index in [9.17, 15) is 0 Å². The minimum absolute atomic E-state index is 0.274. The van der Waals surface area contributed by atoms with Crippen LogP contribution in [0.4, 0.5) is 11.6 Å². The minimum Gasteiger partial charge on any atom is -0.455 e. The third kappa shape index (κ3) is 5.85. The maximum atomic E-state index is 6.40. The van der Waals surface area contributed by atoms with Crippen molar-refractivity contribution in [3.8, 4) is 16.8 Å². The van der Waals surface area contributed by atoms with Gasteiger partial charge in [-0.1, -0.05) is 130 Å². The van der Waals surface area contributed by atoms with E-state index in [2.05, 4.69) is 181 Å². The second kappa shape index (κ2) is 14.2. The Morgan fingerprint density at radius 3 is 2.42 bits per heavy atom. The Labute approximate surface area is 321 Å². The number of aromatic nitrogens is 3. The van der Waals surface area contributed by atoms with Gasteiger partial charge in [-0.25, -0.2) is 4.98 Å². The van der Waals surface area contributed by atoms with Crippen molar-refractivity contribution in [1.82, 2.24) is 14.1 Å². The average molecular weight is 715 g/mol. The van der Waals surface area contributed by atoms with Crippen LogP contribution in [0.3, 0.4) is 0 Å². The van der Waals surface area contributed by atoms with Crippen LogP contribution in [0.15, 0.2) is 163 Å². The topological polar surface area (TPSA) is 39.1 Å². The number of anilines is 2. The van der Waals surface area contributed by atoms with Gasteiger partial charge < -0.3 is 8.98 Å². The molecule has 9 rings (SSSR count). The van der Waals surface area contributed by atoms with Crippen molar-refractivity contribution >= 4 is 68.9 Å². The molecule has 268 valence electrons. The van der Waals surface area contributed by atoms with E-state index < -0.39 is 0 Å². The zero-order valence-corrected chi connectivity index (χ0v) is 31.2. The normalized spacial score (nSPS) is 14.1. The van der Waals surface area contributed by atoms with Crippen molar-refractivity contribution in [3.05, 3.63) is 181 Å². The molecule has 0 spiro atoms. The summed E-state index contributed by atoms with van der Waals surface area (Å²) in [6, 6.07) is 42.3. The first-order valence-electron chi connectivity index (χ1n) is 19.0. The number of para-hydroxylation sites is 4. The zero-order valence-electron chi connectivity index (χ0n) is 31.2. The summed E-state index contributed by atoms with van der Waals surface area (Å²) in [7, 11) is 0. The van der Waals surface area contributed by atoms with E-state index in [1.807, 2.05) is 24.3 Å². The number of hydrogen-bond acceptors (Lipinski definition) is 3. The highest BCUT2D eigenvalue weighted by atomic mass is 16.3. The third-order valence-corrected chi connectivity index (χ3v) is 10.6. The van der Waals surface area contributed by atoms with Crippen LogP contribution in [0.25, 0.3) is 74.1 Å². The van der Waals surface area contributed by atoms with Crippen LogP contribution in [-0.2, 0) is 0 Å². The molecule has 3 heterocycles. The molecule has 0 N–H and O–H groups in total. The fraction of sp³-hybridized carbons (Fsp3) is 0.100. The Balaban J connectivity index is 1.20. The number of allylic oxidation sites excluding steroid dienone is 3. The van der Waals surface area contributed by atoms with Gasteiger partial charge in [-0.3, -0.25) is 9.47 Å². The van der Waals surface area contributed by atoms with Crippen LogP contribution in [-0.4, -0.2) is 14.1 Å². The third-order valence-electron chi connectivity index (χ3n) is 10.6. The number of hydrogen-bond donors (Lipinski definition) is 0. The predicted molar refractivity (Wildman–Crippen MR) is 233 cm³/mol. The molecule has 1 aliphatic carbocycles. The van der Waals surface area contributed by atoms with Gasteiger partial charge >= 0.3 is 0 Å². The van der Waals surface area contributed by atoms with Crippen molar-refractivity contribution in [1.29, 1.82) is 0 Å². The molecule has 0 radical (unpaired) electrons. The molecular weight excluding hydrogens is 673 g/mol. The molecule has 0 amide bonds. The summed E-state index contributed by atoms with van der Waals surface area (Å²) in [5.74, 6) is 1.07. The summed E-state index contributed by atoms with van der Waals surface area (Å²) >= 11 is 0. The molecular formula is C50H42N4O. The molecule has 1 aliphatic rings. The van der Waals surface area contributed by atoms with Crippen LogP contribution in [0, 0.1) is 0 Å². The van der Waals surface area contributed by atoms with Gasteiger partial charge in [0.15, 0.2) is 0 Å². The zero-order chi connectivity index (χ0) is 37.5. The number of benzene rings is 5. The highest BCUT2D eigenvalue weighted by molar-refractivity contribution is 6.09. The first-order valence-corrected chi connectivity index (χ1v) is 19.0. The van der Waals surface area contributed by atoms with Gasteiger partial charge in [0.1, 0.15) is 11.2 Å². The Bertz CT molecular complexity index is 2820. The first kappa shape index (κ1) is 34.0. The van der Waals surface area contributed by atoms with Crippen molar-refractivity contribution in [2.75, 3.05) is 4.90 Å². The molecule has 1 atom stereocenters. The standard InChI is InChI=1S/C50H42N4O/c1-5-7-18-35(4)53(37-19-9-8-10-20-37)50-51-44-25-15-17-34(3)48(44)52(50)33-32-46-39(6-2)41-21-11-13-26-45(41)54(46)38-30-28-36(29-31-38)40-23-16-24-43-42-22-12-14-27-47(42)55-49(40)43/h6-16,18-34H,2,4-5,17H2,1,3H3/b18-7-,33-32-. The van der Waals surface area contributed by atoms with Gasteiger partial charge in [-0.05, 0) is 73.0 Å². The lowest BCUT2D eigenvalue weighted by Crippen LogP contribution is -2.18. The van der Waals surface area contributed by atoms with Gasteiger partial charge in [0, 0.05) is 56.5 Å². The summed E-state index contributed by atoms with van der Waals surface area (Å²) in [4.78, 5) is 7.43. The quantitative estimate of drug-likeness (QED) is 0.132. The minimum atomic E-state index is 0.274. The van der Waals surface area contributed by atoms with Gasteiger partial charge in [-0.15, -0.1) is 0 Å². The van der Waals surface area contributed by atoms with Crippen LogP contribution < -0.4 is 4.90 Å². The maximum absolute atomic E-state index is 6.40. The van der Waals surface area contributed by atoms with Gasteiger partial charge in [0.05, 0.1) is 22.6 Å². The number of fused-ring (bicyclic) bond motifs is 5. The molecule has 8 aromatic rings. The van der Waals surface area contributed by atoms with Crippen LogP contribution in [0.5, 0.6) is 0 Å². The Hall–Kier alpha value is -6.85.